The average Bonchev–Trinajstić information content (AvgIpc) is 2.01. The Morgan fingerprint density at radius 2 is 2.00 bits per heavy atom. The molecule has 0 spiro atoms. The van der Waals surface area contributed by atoms with Crippen molar-refractivity contribution in [3.63, 3.8) is 0 Å². The fraction of sp³-hybridized carbons (Fsp3) is 0.500. The highest BCUT2D eigenvalue weighted by atomic mass is 19.4. The molecule has 2 nitrogen and oxygen atoms in total. The standard InChI is InChI=1S/C8H11F3O2/c1-5(8(9,10)11)4-7(12)6(2)13-3/h4,6,12H,1H2,2-3H3/t6-/m0/s1. The van der Waals surface area contributed by atoms with Crippen molar-refractivity contribution in [2.75, 3.05) is 7.11 Å². The number of halogens is 3. The van der Waals surface area contributed by atoms with Gasteiger partial charge in [0.15, 0.2) is 0 Å². The Morgan fingerprint density at radius 1 is 1.54 bits per heavy atom. The van der Waals surface area contributed by atoms with Gasteiger partial charge in [-0.15, -0.1) is 0 Å². The van der Waals surface area contributed by atoms with E-state index < -0.39 is 23.6 Å². The highest BCUT2D eigenvalue weighted by Crippen LogP contribution is 2.25. The van der Waals surface area contributed by atoms with Crippen molar-refractivity contribution in [2.45, 2.75) is 19.2 Å². The zero-order chi connectivity index (χ0) is 10.6. The molecule has 0 aromatic carbocycles. The SMILES string of the molecule is C=C(C=C(O)[C@H](C)OC)C(F)(F)F. The maximum absolute atomic E-state index is 11.9. The number of hydrogen-bond acceptors (Lipinski definition) is 2. The number of allylic oxidation sites excluding steroid dienone is 2. The van der Waals surface area contributed by atoms with Crippen LogP contribution >= 0.6 is 0 Å². The minimum Gasteiger partial charge on any atom is -0.510 e. The van der Waals surface area contributed by atoms with E-state index in [-0.39, 0.29) is 0 Å². The molecule has 13 heavy (non-hydrogen) atoms. The molecule has 0 heterocycles. The summed E-state index contributed by atoms with van der Waals surface area (Å²) in [6.07, 6.45) is -4.73. The summed E-state index contributed by atoms with van der Waals surface area (Å²) in [5, 5.41) is 9.03. The van der Waals surface area contributed by atoms with E-state index in [1.54, 1.807) is 0 Å². The Hall–Kier alpha value is -0.970. The molecule has 1 atom stereocenters. The number of hydrogen-bond donors (Lipinski definition) is 1. The predicted molar refractivity (Wildman–Crippen MR) is 42.4 cm³/mol. The molecule has 0 unspecified atom stereocenters. The summed E-state index contributed by atoms with van der Waals surface area (Å²) in [4.78, 5) is 0. The molecule has 0 rings (SSSR count). The summed E-state index contributed by atoms with van der Waals surface area (Å²) < 4.78 is 40.2. The zero-order valence-electron chi connectivity index (χ0n) is 7.35. The van der Waals surface area contributed by atoms with E-state index in [0.29, 0.717) is 6.08 Å². The van der Waals surface area contributed by atoms with Gasteiger partial charge in [0.25, 0.3) is 0 Å². The molecular formula is C8H11F3O2. The molecule has 0 aliphatic carbocycles. The molecule has 0 radical (unpaired) electrons. The highest BCUT2D eigenvalue weighted by molar-refractivity contribution is 5.23. The molecule has 0 aliphatic heterocycles. The minimum atomic E-state index is -4.51. The summed E-state index contributed by atoms with van der Waals surface area (Å²) in [7, 11) is 1.28. The van der Waals surface area contributed by atoms with E-state index >= 15 is 0 Å². The van der Waals surface area contributed by atoms with Gasteiger partial charge in [-0.2, -0.15) is 13.2 Å². The van der Waals surface area contributed by atoms with E-state index in [0.717, 1.165) is 0 Å². The number of aliphatic hydroxyl groups excluding tert-OH is 1. The fourth-order valence-electron chi connectivity index (χ4n) is 0.498. The second-order valence-corrected chi connectivity index (χ2v) is 2.47. The van der Waals surface area contributed by atoms with Gasteiger partial charge in [-0.05, 0) is 13.0 Å². The van der Waals surface area contributed by atoms with Crippen LogP contribution in [0.3, 0.4) is 0 Å². The van der Waals surface area contributed by atoms with Crippen molar-refractivity contribution in [2.24, 2.45) is 0 Å². The zero-order valence-corrected chi connectivity index (χ0v) is 7.35. The van der Waals surface area contributed by atoms with Gasteiger partial charge < -0.3 is 9.84 Å². The fourth-order valence-corrected chi connectivity index (χ4v) is 0.498. The maximum Gasteiger partial charge on any atom is 0.415 e. The highest BCUT2D eigenvalue weighted by Gasteiger charge is 2.31. The van der Waals surface area contributed by atoms with Crippen molar-refractivity contribution in [1.29, 1.82) is 0 Å². The molecule has 0 fully saturated rings. The van der Waals surface area contributed by atoms with Crippen LogP contribution in [0, 0.1) is 0 Å². The Kier molecular flexibility index (Phi) is 4.00. The summed E-state index contributed by atoms with van der Waals surface area (Å²) in [5.41, 5.74) is -1.10. The van der Waals surface area contributed by atoms with Crippen LogP contribution in [0.15, 0.2) is 24.0 Å². The van der Waals surface area contributed by atoms with Crippen LogP contribution in [0.2, 0.25) is 0 Å². The Labute approximate surface area is 74.3 Å². The Bertz CT molecular complexity index is 218. The van der Waals surface area contributed by atoms with Gasteiger partial charge in [-0.25, -0.2) is 0 Å². The van der Waals surface area contributed by atoms with E-state index in [1.165, 1.54) is 14.0 Å². The van der Waals surface area contributed by atoms with Gasteiger partial charge in [-0.1, -0.05) is 6.58 Å². The number of alkyl halides is 3. The molecule has 0 saturated heterocycles. The Morgan fingerprint density at radius 3 is 2.31 bits per heavy atom. The topological polar surface area (TPSA) is 29.5 Å². The lowest BCUT2D eigenvalue weighted by Crippen LogP contribution is -2.13. The first kappa shape index (κ1) is 12.0. The third-order valence-electron chi connectivity index (χ3n) is 1.46. The molecule has 0 aliphatic rings. The second-order valence-electron chi connectivity index (χ2n) is 2.47. The van der Waals surface area contributed by atoms with Gasteiger partial charge in [0.1, 0.15) is 11.9 Å². The van der Waals surface area contributed by atoms with E-state index in [9.17, 15) is 13.2 Å². The van der Waals surface area contributed by atoms with Crippen LogP contribution in [-0.2, 0) is 4.74 Å². The molecule has 1 N–H and O–H groups in total. The van der Waals surface area contributed by atoms with E-state index in [4.69, 9.17) is 5.11 Å². The van der Waals surface area contributed by atoms with Gasteiger partial charge >= 0.3 is 6.18 Å². The van der Waals surface area contributed by atoms with Crippen LogP contribution in [-0.4, -0.2) is 24.5 Å². The number of methoxy groups -OCH3 is 1. The number of aliphatic hydroxyl groups is 1. The maximum atomic E-state index is 11.9. The molecular weight excluding hydrogens is 185 g/mol. The third-order valence-corrected chi connectivity index (χ3v) is 1.46. The summed E-state index contributed by atoms with van der Waals surface area (Å²) in [5.74, 6) is -0.496. The van der Waals surface area contributed by atoms with Crippen LogP contribution < -0.4 is 0 Å². The Balaban J connectivity index is 4.49. The van der Waals surface area contributed by atoms with Crippen LogP contribution in [0.1, 0.15) is 6.92 Å². The van der Waals surface area contributed by atoms with Crippen LogP contribution in [0.4, 0.5) is 13.2 Å². The van der Waals surface area contributed by atoms with Gasteiger partial charge in [-0.3, -0.25) is 0 Å². The van der Waals surface area contributed by atoms with E-state index in [2.05, 4.69) is 11.3 Å². The monoisotopic (exact) mass is 196 g/mol. The molecule has 0 aromatic rings. The van der Waals surface area contributed by atoms with Crippen molar-refractivity contribution in [1.82, 2.24) is 0 Å². The second kappa shape index (κ2) is 4.32. The van der Waals surface area contributed by atoms with E-state index in [1.807, 2.05) is 0 Å². The lowest BCUT2D eigenvalue weighted by Gasteiger charge is -2.10. The molecule has 0 aromatic heterocycles. The molecule has 0 saturated carbocycles. The lowest BCUT2D eigenvalue weighted by molar-refractivity contribution is -0.0882. The minimum absolute atomic E-state index is 0.496. The quantitative estimate of drug-likeness (QED) is 0.555. The molecule has 5 heteroatoms. The lowest BCUT2D eigenvalue weighted by atomic mass is 10.2. The molecule has 0 bridgehead atoms. The van der Waals surface area contributed by atoms with Crippen molar-refractivity contribution in [3.05, 3.63) is 24.0 Å². The molecule has 76 valence electrons. The van der Waals surface area contributed by atoms with Crippen LogP contribution in [0.5, 0.6) is 0 Å². The summed E-state index contributed by atoms with van der Waals surface area (Å²) >= 11 is 0. The van der Waals surface area contributed by atoms with Crippen molar-refractivity contribution >= 4 is 0 Å². The number of rotatable bonds is 3. The van der Waals surface area contributed by atoms with Crippen molar-refractivity contribution < 1.29 is 23.0 Å². The molecule has 0 amide bonds. The van der Waals surface area contributed by atoms with Gasteiger partial charge in [0, 0.05) is 7.11 Å². The van der Waals surface area contributed by atoms with Crippen molar-refractivity contribution in [3.8, 4) is 0 Å². The third kappa shape index (κ3) is 3.98. The first-order chi connectivity index (χ1) is 5.79. The average molecular weight is 196 g/mol. The first-order valence-electron chi connectivity index (χ1n) is 3.48. The largest absolute Gasteiger partial charge is 0.510 e. The summed E-state index contributed by atoms with van der Waals surface area (Å²) in [6.45, 7) is 4.19. The summed E-state index contributed by atoms with van der Waals surface area (Å²) in [6, 6.07) is 0. The normalized spacial score (nSPS) is 15.6. The smallest absolute Gasteiger partial charge is 0.415 e. The van der Waals surface area contributed by atoms with Crippen LogP contribution in [0.25, 0.3) is 0 Å². The van der Waals surface area contributed by atoms with Gasteiger partial charge in [0.2, 0.25) is 0 Å². The number of ether oxygens (including phenoxy) is 1. The van der Waals surface area contributed by atoms with Gasteiger partial charge in [0.05, 0.1) is 5.57 Å². The predicted octanol–water partition coefficient (Wildman–Crippen LogP) is 2.58. The first-order valence-corrected chi connectivity index (χ1v) is 3.48.